The molecule has 0 radical (unpaired) electrons. The summed E-state index contributed by atoms with van der Waals surface area (Å²) in [6.45, 7) is 6.74. The van der Waals surface area contributed by atoms with Crippen LogP contribution in [0.1, 0.15) is 31.9 Å². The highest BCUT2D eigenvalue weighted by molar-refractivity contribution is 6.08. The summed E-state index contributed by atoms with van der Waals surface area (Å²) in [6.07, 6.45) is 9.82. The van der Waals surface area contributed by atoms with Gasteiger partial charge in [0.1, 0.15) is 0 Å². The summed E-state index contributed by atoms with van der Waals surface area (Å²) in [6, 6.07) is 8.53. The minimum Gasteiger partial charge on any atom is -0.288 e. The van der Waals surface area contributed by atoms with E-state index in [2.05, 4.69) is 55.9 Å². The Bertz CT molecular complexity index is 476. The van der Waals surface area contributed by atoms with Gasteiger partial charge in [-0.2, -0.15) is 0 Å². The molecule has 0 aliphatic carbocycles. The fraction of sp³-hybridized carbons (Fsp3) is 0.353. The molecule has 0 heterocycles. The molecular weight excluding hydrogens is 218 g/mol. The smallest absolute Gasteiger partial charge is 0.0649 e. The average Bonchev–Trinajstić information content (AvgIpc) is 2.30. The maximum absolute atomic E-state index is 5.21. The molecule has 0 unspecified atom stereocenters. The van der Waals surface area contributed by atoms with E-state index in [0.717, 1.165) is 17.7 Å². The van der Waals surface area contributed by atoms with Crippen LogP contribution in [0.5, 0.6) is 0 Å². The number of allylic oxidation sites excluding steroid dienone is 2. The van der Waals surface area contributed by atoms with E-state index >= 15 is 0 Å². The summed E-state index contributed by atoms with van der Waals surface area (Å²) >= 11 is 0. The summed E-state index contributed by atoms with van der Waals surface area (Å²) in [4.78, 5) is 4.23. The lowest BCUT2D eigenvalue weighted by Gasteiger charge is -2.18. The van der Waals surface area contributed by atoms with E-state index in [0.29, 0.717) is 5.41 Å². The van der Waals surface area contributed by atoms with E-state index in [-0.39, 0.29) is 0 Å². The number of hydrogen-bond donors (Lipinski definition) is 0. The van der Waals surface area contributed by atoms with Crippen molar-refractivity contribution in [3.63, 3.8) is 0 Å². The molecule has 0 saturated heterocycles. The van der Waals surface area contributed by atoms with Gasteiger partial charge in [-0.05, 0) is 35.1 Å². The molecule has 0 aromatic heterocycles. The lowest BCUT2D eigenvalue weighted by molar-refractivity contribution is 0.411. The number of terminal acetylenes is 1. The molecule has 1 heteroatoms. The Balaban J connectivity index is 2.89. The van der Waals surface area contributed by atoms with E-state index in [1.165, 1.54) is 5.56 Å². The Labute approximate surface area is 111 Å². The zero-order chi connectivity index (χ0) is 13.6. The summed E-state index contributed by atoms with van der Waals surface area (Å²) in [5, 5.41) is 0. The van der Waals surface area contributed by atoms with E-state index in [1.54, 1.807) is 13.1 Å². The Morgan fingerprint density at radius 2 is 1.89 bits per heavy atom. The van der Waals surface area contributed by atoms with Crippen molar-refractivity contribution in [1.82, 2.24) is 0 Å². The normalized spacial score (nSPS) is 12.7. The predicted octanol–water partition coefficient (Wildman–Crippen LogP) is 3.88. The van der Waals surface area contributed by atoms with Crippen molar-refractivity contribution in [2.24, 2.45) is 10.4 Å². The molecule has 0 aliphatic heterocycles. The van der Waals surface area contributed by atoms with Gasteiger partial charge in [0.15, 0.2) is 0 Å². The molecule has 1 aromatic rings. The zero-order valence-corrected chi connectivity index (χ0v) is 11.7. The minimum atomic E-state index is 0.312. The van der Waals surface area contributed by atoms with Gasteiger partial charge in [0.25, 0.3) is 0 Å². The van der Waals surface area contributed by atoms with Gasteiger partial charge in [0.2, 0.25) is 0 Å². The third-order valence-electron chi connectivity index (χ3n) is 2.56. The van der Waals surface area contributed by atoms with Crippen LogP contribution in [0, 0.1) is 17.8 Å². The van der Waals surface area contributed by atoms with Crippen LogP contribution in [0.2, 0.25) is 0 Å². The number of aliphatic imine (C=N–C) groups is 1. The molecule has 1 nitrogen and oxygen atoms in total. The summed E-state index contributed by atoms with van der Waals surface area (Å²) < 4.78 is 0. The third kappa shape index (κ3) is 4.59. The maximum atomic E-state index is 5.21. The topological polar surface area (TPSA) is 12.4 Å². The molecule has 0 aliphatic rings. The van der Waals surface area contributed by atoms with Gasteiger partial charge in [-0.15, -0.1) is 6.42 Å². The van der Waals surface area contributed by atoms with Crippen LogP contribution >= 0.6 is 0 Å². The molecule has 0 saturated carbocycles. The highest BCUT2D eigenvalue weighted by Gasteiger charge is 2.11. The summed E-state index contributed by atoms with van der Waals surface area (Å²) in [7, 11) is 1.78. The Morgan fingerprint density at radius 3 is 2.33 bits per heavy atom. The third-order valence-corrected chi connectivity index (χ3v) is 2.56. The van der Waals surface area contributed by atoms with Crippen molar-refractivity contribution in [2.45, 2.75) is 27.2 Å². The second kappa shape index (κ2) is 6.21. The van der Waals surface area contributed by atoms with Gasteiger partial charge in [-0.3, -0.25) is 4.99 Å². The van der Waals surface area contributed by atoms with Gasteiger partial charge in [-0.25, -0.2) is 0 Å². The standard InChI is InChI=1S/C17H21N/c1-6-7-8-16(18-5)15-11-9-14(10-12-15)13-17(2,3)4/h1,7-12H,13H2,2-5H3/b8-7-,18-16?. The molecule has 1 aromatic carbocycles. The average molecular weight is 239 g/mol. The Kier molecular flexibility index (Phi) is 4.92. The van der Waals surface area contributed by atoms with Gasteiger partial charge in [0, 0.05) is 7.05 Å². The maximum Gasteiger partial charge on any atom is 0.0649 e. The van der Waals surface area contributed by atoms with E-state index < -0.39 is 0 Å². The quantitative estimate of drug-likeness (QED) is 0.560. The number of rotatable bonds is 3. The Hall–Kier alpha value is -1.81. The van der Waals surface area contributed by atoms with Crippen LogP contribution in [-0.2, 0) is 6.42 Å². The second-order valence-corrected chi connectivity index (χ2v) is 5.54. The van der Waals surface area contributed by atoms with E-state index in [9.17, 15) is 0 Å². The first-order chi connectivity index (χ1) is 8.46. The van der Waals surface area contributed by atoms with Crippen LogP contribution in [-0.4, -0.2) is 12.8 Å². The lowest BCUT2D eigenvalue weighted by atomic mass is 9.88. The van der Waals surface area contributed by atoms with Gasteiger partial charge < -0.3 is 0 Å². The van der Waals surface area contributed by atoms with Gasteiger partial charge in [0.05, 0.1) is 5.71 Å². The summed E-state index contributed by atoms with van der Waals surface area (Å²) in [5.41, 5.74) is 3.67. The largest absolute Gasteiger partial charge is 0.288 e. The predicted molar refractivity (Wildman–Crippen MR) is 80.0 cm³/mol. The SMILES string of the molecule is C#C/C=C\C(=NC)c1ccc(CC(C)(C)C)cc1. The molecule has 0 spiro atoms. The molecular formula is C17H21N. The highest BCUT2D eigenvalue weighted by Crippen LogP contribution is 2.20. The van der Waals surface area contributed by atoms with Gasteiger partial charge >= 0.3 is 0 Å². The van der Waals surface area contributed by atoms with Crippen molar-refractivity contribution >= 4 is 5.71 Å². The zero-order valence-electron chi connectivity index (χ0n) is 11.7. The van der Waals surface area contributed by atoms with Crippen molar-refractivity contribution in [3.8, 4) is 12.3 Å². The fourth-order valence-electron chi connectivity index (χ4n) is 1.83. The first-order valence-electron chi connectivity index (χ1n) is 6.15. The van der Waals surface area contributed by atoms with Gasteiger partial charge in [-0.1, -0.05) is 51.0 Å². The minimum absolute atomic E-state index is 0.312. The van der Waals surface area contributed by atoms with Crippen LogP contribution in [0.15, 0.2) is 41.4 Å². The lowest BCUT2D eigenvalue weighted by Crippen LogP contribution is -2.09. The molecule has 18 heavy (non-hydrogen) atoms. The van der Waals surface area contributed by atoms with Crippen molar-refractivity contribution < 1.29 is 0 Å². The van der Waals surface area contributed by atoms with Crippen LogP contribution < -0.4 is 0 Å². The van der Waals surface area contributed by atoms with Crippen molar-refractivity contribution in [1.29, 1.82) is 0 Å². The highest BCUT2D eigenvalue weighted by atomic mass is 14.7. The number of nitrogens with zero attached hydrogens (tertiary/aromatic N) is 1. The second-order valence-electron chi connectivity index (χ2n) is 5.54. The molecule has 0 bridgehead atoms. The van der Waals surface area contributed by atoms with Crippen molar-refractivity contribution in [3.05, 3.63) is 47.5 Å². The molecule has 1 rings (SSSR count). The van der Waals surface area contributed by atoms with E-state index in [1.807, 2.05) is 6.08 Å². The van der Waals surface area contributed by atoms with Crippen LogP contribution in [0.25, 0.3) is 0 Å². The van der Waals surface area contributed by atoms with Crippen LogP contribution in [0.4, 0.5) is 0 Å². The van der Waals surface area contributed by atoms with E-state index in [4.69, 9.17) is 6.42 Å². The molecule has 94 valence electrons. The first kappa shape index (κ1) is 14.3. The molecule has 0 fully saturated rings. The fourth-order valence-corrected chi connectivity index (χ4v) is 1.83. The van der Waals surface area contributed by atoms with Crippen LogP contribution in [0.3, 0.4) is 0 Å². The molecule has 0 amide bonds. The van der Waals surface area contributed by atoms with Crippen molar-refractivity contribution in [2.75, 3.05) is 7.05 Å². The molecule has 0 atom stereocenters. The number of hydrogen-bond acceptors (Lipinski definition) is 1. The first-order valence-corrected chi connectivity index (χ1v) is 6.15. The summed E-state index contributed by atoms with van der Waals surface area (Å²) in [5.74, 6) is 2.48. The molecule has 0 N–H and O–H groups in total. The monoisotopic (exact) mass is 239 g/mol. The number of benzene rings is 1. The Morgan fingerprint density at radius 1 is 1.28 bits per heavy atom.